The number of unbranched alkanes of at least 4 members (excludes halogenated alkanes) is 25. The summed E-state index contributed by atoms with van der Waals surface area (Å²) >= 11 is 0. The summed E-state index contributed by atoms with van der Waals surface area (Å²) in [5.41, 5.74) is 5.41. The highest BCUT2D eigenvalue weighted by molar-refractivity contribution is 7.47. The molecule has 2 atom stereocenters. The molecule has 0 rings (SSSR count). The summed E-state index contributed by atoms with van der Waals surface area (Å²) in [6.07, 6.45) is 114. The lowest BCUT2D eigenvalue weighted by atomic mass is 10.0. The molecule has 0 bridgehead atoms. The number of phosphoric acid groups is 1. The average Bonchev–Trinajstić information content (AvgIpc) is 3.04. The maximum Gasteiger partial charge on any atom is 0.472 e. The first kappa shape index (κ1) is 88.1. The molecule has 0 aliphatic heterocycles. The molecule has 0 amide bonds. The van der Waals surface area contributed by atoms with Gasteiger partial charge in [0.25, 0.3) is 0 Å². The summed E-state index contributed by atoms with van der Waals surface area (Å²) in [4.78, 5) is 35.4. The van der Waals surface area contributed by atoms with E-state index in [0.717, 1.165) is 141 Å². The van der Waals surface area contributed by atoms with Crippen LogP contribution in [0.25, 0.3) is 0 Å². The van der Waals surface area contributed by atoms with E-state index in [4.69, 9.17) is 24.3 Å². The zero-order valence-corrected chi connectivity index (χ0v) is 60.1. The molecule has 0 aliphatic carbocycles. The average molecular weight is 1310 g/mol. The number of nitrogens with two attached hydrogens (primary N) is 1. The number of hydrogen-bond acceptors (Lipinski definition) is 8. The predicted octanol–water partition coefficient (Wildman–Crippen LogP) is 25.1. The highest BCUT2D eigenvalue weighted by Crippen LogP contribution is 2.43. The highest BCUT2D eigenvalue weighted by atomic mass is 31.2. The fourth-order valence-electron chi connectivity index (χ4n) is 9.87. The Morgan fingerprint density at radius 1 is 0.323 bits per heavy atom. The largest absolute Gasteiger partial charge is 0.472 e. The molecule has 10 heteroatoms. The van der Waals surface area contributed by atoms with E-state index in [0.29, 0.717) is 6.42 Å². The predicted molar refractivity (Wildman–Crippen MR) is 403 cm³/mol. The van der Waals surface area contributed by atoms with Gasteiger partial charge in [0.1, 0.15) is 6.61 Å². The lowest BCUT2D eigenvalue weighted by Crippen LogP contribution is -2.29. The molecule has 0 heterocycles. The number of phosphoric ester groups is 1. The van der Waals surface area contributed by atoms with Gasteiger partial charge < -0.3 is 20.1 Å². The summed E-state index contributed by atoms with van der Waals surface area (Å²) in [5, 5.41) is 0. The fourth-order valence-corrected chi connectivity index (χ4v) is 10.6. The molecule has 3 N–H and O–H groups in total. The van der Waals surface area contributed by atoms with E-state index < -0.39 is 26.5 Å². The van der Waals surface area contributed by atoms with Gasteiger partial charge in [-0.1, -0.05) is 331 Å². The maximum atomic E-state index is 12.8. The number of allylic oxidation sites excluding steroid dienone is 30. The Balaban J connectivity index is 3.93. The monoisotopic (exact) mass is 1310 g/mol. The summed E-state index contributed by atoms with van der Waals surface area (Å²) in [7, 11) is -4.41. The van der Waals surface area contributed by atoms with Crippen LogP contribution in [0.3, 0.4) is 0 Å². The third-order valence-corrected chi connectivity index (χ3v) is 16.3. The molecule has 0 spiro atoms. The van der Waals surface area contributed by atoms with E-state index in [2.05, 4.69) is 196 Å². The quantitative estimate of drug-likeness (QED) is 0.0264. The van der Waals surface area contributed by atoms with Gasteiger partial charge in [0.2, 0.25) is 0 Å². The molecule has 0 aromatic rings. The van der Waals surface area contributed by atoms with Gasteiger partial charge in [-0.3, -0.25) is 18.6 Å². The van der Waals surface area contributed by atoms with Gasteiger partial charge in [-0.2, -0.15) is 0 Å². The van der Waals surface area contributed by atoms with Crippen molar-refractivity contribution < 1.29 is 37.6 Å². The third kappa shape index (κ3) is 76.0. The molecule has 0 saturated heterocycles. The molecule has 0 radical (unpaired) electrons. The van der Waals surface area contributed by atoms with Crippen molar-refractivity contribution in [2.24, 2.45) is 5.73 Å². The van der Waals surface area contributed by atoms with Gasteiger partial charge in [0.05, 0.1) is 13.2 Å². The lowest BCUT2D eigenvalue weighted by Gasteiger charge is -2.19. The molecule has 0 aromatic heterocycles. The summed E-state index contributed by atoms with van der Waals surface area (Å²) in [6, 6.07) is 0. The summed E-state index contributed by atoms with van der Waals surface area (Å²) < 4.78 is 33.2. The van der Waals surface area contributed by atoms with Crippen LogP contribution in [-0.4, -0.2) is 49.3 Å². The standard InChI is InChI=1S/C83H136NO8P/c1-3-5-7-9-11-13-15-17-19-21-23-25-27-29-31-33-35-37-39-40-42-44-46-48-50-52-54-56-58-60-62-64-66-68-70-72-74-76-83(86)92-81(80-91-93(87,88)90-78-77-84)79-89-82(85)75-73-71-69-67-65-63-61-59-57-55-53-51-49-47-45-43-41-38-36-34-32-30-28-26-24-22-20-18-16-14-12-10-8-6-4-2/h5-8,11-14,17-20,23-26,29-32,35-38,40,42,46,48,52,54,81H,3-4,9-10,15-16,21-22,27-28,33-34,39,41,43-45,47,49-51,53,55-80,84H2,1-2H3,(H,87,88)/b7-5-,8-6-,13-11-,14-12-,19-17-,20-18-,25-23-,26-24-,31-29-,32-30-,37-35-,38-36-,42-40-,48-46-,54-52-. The minimum absolute atomic E-state index is 0.0448. The first-order valence-electron chi connectivity index (χ1n) is 37.3. The molecule has 9 nitrogen and oxygen atoms in total. The Bertz CT molecular complexity index is 2180. The van der Waals surface area contributed by atoms with Crippen LogP contribution in [0.1, 0.15) is 296 Å². The van der Waals surface area contributed by atoms with Crippen LogP contribution >= 0.6 is 7.82 Å². The van der Waals surface area contributed by atoms with Crippen molar-refractivity contribution in [2.45, 2.75) is 302 Å². The molecule has 0 fully saturated rings. The van der Waals surface area contributed by atoms with E-state index in [1.807, 2.05) is 0 Å². The molecule has 93 heavy (non-hydrogen) atoms. The van der Waals surface area contributed by atoms with Crippen LogP contribution in [-0.2, 0) is 32.7 Å². The third-order valence-electron chi connectivity index (χ3n) is 15.3. The molecular formula is C83H136NO8P. The topological polar surface area (TPSA) is 134 Å². The van der Waals surface area contributed by atoms with E-state index in [9.17, 15) is 19.0 Å². The molecule has 0 aromatic carbocycles. The van der Waals surface area contributed by atoms with Crippen molar-refractivity contribution in [2.75, 3.05) is 26.4 Å². The van der Waals surface area contributed by atoms with E-state index in [1.54, 1.807) is 0 Å². The van der Waals surface area contributed by atoms with E-state index >= 15 is 0 Å². The first-order valence-corrected chi connectivity index (χ1v) is 38.8. The second-order valence-corrected chi connectivity index (χ2v) is 25.5. The van der Waals surface area contributed by atoms with Crippen molar-refractivity contribution in [1.29, 1.82) is 0 Å². The Kier molecular flexibility index (Phi) is 72.1. The van der Waals surface area contributed by atoms with Crippen LogP contribution in [0.15, 0.2) is 182 Å². The Morgan fingerprint density at radius 3 is 0.828 bits per heavy atom. The highest BCUT2D eigenvalue weighted by Gasteiger charge is 2.26. The number of hydrogen-bond donors (Lipinski definition) is 2. The Morgan fingerprint density at radius 2 is 0.559 bits per heavy atom. The van der Waals surface area contributed by atoms with Gasteiger partial charge in [-0.15, -0.1) is 0 Å². The molecule has 0 aliphatic rings. The summed E-state index contributed by atoms with van der Waals surface area (Å²) in [5.74, 6) is -0.838. The van der Waals surface area contributed by atoms with Crippen molar-refractivity contribution in [3.05, 3.63) is 182 Å². The maximum absolute atomic E-state index is 12.8. The van der Waals surface area contributed by atoms with Gasteiger partial charge in [-0.25, -0.2) is 4.57 Å². The molecule has 0 saturated carbocycles. The van der Waals surface area contributed by atoms with Crippen LogP contribution in [0.4, 0.5) is 0 Å². The van der Waals surface area contributed by atoms with Crippen LogP contribution in [0.2, 0.25) is 0 Å². The zero-order chi connectivity index (χ0) is 67.2. The SMILES string of the molecule is CC/C=C\C/C=C\C/C=C\C/C=C\C/C=C\C/C=C\C/C=C\C/C=C\C/C=C\CCCCCCCCCCCC(=O)OC(COC(=O)CCCCCCCCCCCCCCCCCC/C=C\C/C=C\C/C=C\C/C=C\C/C=C\C/C=C\CC)COP(=O)(O)OCCN. The normalized spacial score (nSPS) is 14.0. The van der Waals surface area contributed by atoms with Gasteiger partial charge >= 0.3 is 19.8 Å². The van der Waals surface area contributed by atoms with E-state index in [-0.39, 0.29) is 38.6 Å². The first-order chi connectivity index (χ1) is 45.8. The van der Waals surface area contributed by atoms with Crippen LogP contribution in [0, 0.1) is 0 Å². The second-order valence-electron chi connectivity index (χ2n) is 24.0. The number of carbonyl (C=O) groups excluding carboxylic acids is 2. The van der Waals surface area contributed by atoms with Crippen molar-refractivity contribution in [1.82, 2.24) is 0 Å². The van der Waals surface area contributed by atoms with Crippen molar-refractivity contribution in [3.8, 4) is 0 Å². The summed E-state index contributed by atoms with van der Waals surface area (Å²) in [6.45, 7) is 3.51. The fraction of sp³-hybridized carbons (Fsp3) is 0.614. The minimum Gasteiger partial charge on any atom is -0.462 e. The van der Waals surface area contributed by atoms with Crippen molar-refractivity contribution in [3.63, 3.8) is 0 Å². The van der Waals surface area contributed by atoms with Crippen LogP contribution < -0.4 is 5.73 Å². The van der Waals surface area contributed by atoms with Gasteiger partial charge in [-0.05, 0) is 135 Å². The van der Waals surface area contributed by atoms with E-state index in [1.165, 1.54) is 122 Å². The molecule has 2 unspecified atom stereocenters. The smallest absolute Gasteiger partial charge is 0.462 e. The Labute approximate surface area is 571 Å². The number of esters is 2. The molecule has 526 valence electrons. The lowest BCUT2D eigenvalue weighted by molar-refractivity contribution is -0.161. The van der Waals surface area contributed by atoms with Gasteiger partial charge in [0.15, 0.2) is 6.10 Å². The van der Waals surface area contributed by atoms with Crippen LogP contribution in [0.5, 0.6) is 0 Å². The van der Waals surface area contributed by atoms with Gasteiger partial charge in [0, 0.05) is 19.4 Å². The number of ether oxygens (including phenoxy) is 2. The Hall–Kier alpha value is -4.89. The minimum atomic E-state index is -4.41. The second kappa shape index (κ2) is 76.1. The number of rotatable bonds is 68. The number of carbonyl (C=O) groups is 2. The molecular weight excluding hydrogens is 1170 g/mol. The van der Waals surface area contributed by atoms with Crippen molar-refractivity contribution >= 4 is 19.8 Å². The zero-order valence-electron chi connectivity index (χ0n) is 59.2.